The summed E-state index contributed by atoms with van der Waals surface area (Å²) in [4.78, 5) is 25.7. The maximum absolute atomic E-state index is 12.8. The molecule has 2 heterocycles. The van der Waals surface area contributed by atoms with Gasteiger partial charge in [0, 0.05) is 6.54 Å². The number of aryl methyl sites for hydroxylation is 2. The van der Waals surface area contributed by atoms with Crippen LogP contribution in [0.25, 0.3) is 0 Å². The lowest BCUT2D eigenvalue weighted by molar-refractivity contribution is -0.142. The molecular weight excluding hydrogens is 270 g/mol. The van der Waals surface area contributed by atoms with E-state index in [2.05, 4.69) is 10.2 Å². The molecule has 1 fully saturated rings. The summed E-state index contributed by atoms with van der Waals surface area (Å²) in [5.74, 6) is -1.17. The van der Waals surface area contributed by atoms with E-state index in [1.807, 2.05) is 6.92 Å². The fourth-order valence-corrected chi connectivity index (χ4v) is 2.72. The number of carbonyl (C=O) groups is 2. The van der Waals surface area contributed by atoms with Crippen molar-refractivity contribution in [1.29, 1.82) is 0 Å². The van der Waals surface area contributed by atoms with Crippen LogP contribution in [0.2, 0.25) is 0 Å². The summed E-state index contributed by atoms with van der Waals surface area (Å²) in [6.07, 6.45) is 3.76. The van der Waals surface area contributed by atoms with Crippen molar-refractivity contribution in [2.45, 2.75) is 52.0 Å². The maximum atomic E-state index is 12.8. The van der Waals surface area contributed by atoms with Gasteiger partial charge in [-0.2, -0.15) is 10.2 Å². The molecular formula is C15H21N3O3. The lowest BCUT2D eigenvalue weighted by atomic mass is 10.1. The first-order valence-electron chi connectivity index (χ1n) is 7.41. The Morgan fingerprint density at radius 3 is 2.76 bits per heavy atom. The van der Waals surface area contributed by atoms with E-state index in [1.165, 1.54) is 4.90 Å². The summed E-state index contributed by atoms with van der Waals surface area (Å²) in [5.41, 5.74) is 1.77. The summed E-state index contributed by atoms with van der Waals surface area (Å²) >= 11 is 0. The second kappa shape index (κ2) is 6.65. The Hall–Kier alpha value is -1.98. The fourth-order valence-electron chi connectivity index (χ4n) is 2.72. The predicted molar refractivity (Wildman–Crippen MR) is 77.1 cm³/mol. The second-order valence-corrected chi connectivity index (χ2v) is 5.40. The van der Waals surface area contributed by atoms with E-state index >= 15 is 0 Å². The summed E-state index contributed by atoms with van der Waals surface area (Å²) in [6, 6.07) is 0.969. The topological polar surface area (TPSA) is 83.4 Å². The van der Waals surface area contributed by atoms with Gasteiger partial charge in [-0.15, -0.1) is 0 Å². The minimum absolute atomic E-state index is 0.237. The van der Waals surface area contributed by atoms with Gasteiger partial charge in [-0.25, -0.2) is 4.79 Å². The number of rotatable bonds is 3. The number of amides is 1. The monoisotopic (exact) mass is 291 g/mol. The maximum Gasteiger partial charge on any atom is 0.326 e. The van der Waals surface area contributed by atoms with E-state index in [9.17, 15) is 14.7 Å². The van der Waals surface area contributed by atoms with Crippen LogP contribution in [0.3, 0.4) is 0 Å². The Kier molecular flexibility index (Phi) is 4.88. The summed E-state index contributed by atoms with van der Waals surface area (Å²) in [6.45, 7) is 4.17. The average molecular weight is 291 g/mol. The van der Waals surface area contributed by atoms with Crippen LogP contribution >= 0.6 is 0 Å². The number of hydrogen-bond donors (Lipinski definition) is 1. The third-order valence-electron chi connectivity index (χ3n) is 3.86. The molecule has 0 aliphatic carbocycles. The van der Waals surface area contributed by atoms with Gasteiger partial charge in [0.15, 0.2) is 0 Å². The number of likely N-dealkylation sites (tertiary alicyclic amines) is 1. The number of aliphatic carboxylic acids is 1. The Labute approximate surface area is 124 Å². The van der Waals surface area contributed by atoms with E-state index in [4.69, 9.17) is 0 Å². The quantitative estimate of drug-likeness (QED) is 0.918. The predicted octanol–water partition coefficient (Wildman–Crippen LogP) is 1.82. The van der Waals surface area contributed by atoms with Crippen molar-refractivity contribution < 1.29 is 14.7 Å². The highest BCUT2D eigenvalue weighted by Gasteiger charge is 2.32. The van der Waals surface area contributed by atoms with Crippen molar-refractivity contribution in [3.8, 4) is 0 Å². The highest BCUT2D eigenvalue weighted by Crippen LogP contribution is 2.21. The Balaban J connectivity index is 2.36. The molecule has 1 aromatic rings. The number of hydrogen-bond acceptors (Lipinski definition) is 4. The van der Waals surface area contributed by atoms with E-state index in [0.717, 1.165) is 19.3 Å². The summed E-state index contributed by atoms with van der Waals surface area (Å²) in [7, 11) is 0. The molecule has 1 atom stereocenters. The highest BCUT2D eigenvalue weighted by atomic mass is 16.4. The Morgan fingerprint density at radius 1 is 1.33 bits per heavy atom. The zero-order valence-corrected chi connectivity index (χ0v) is 12.5. The Bertz CT molecular complexity index is 545. The molecule has 6 nitrogen and oxygen atoms in total. The lowest BCUT2D eigenvalue weighted by Crippen LogP contribution is -2.45. The molecule has 1 amide bonds. The SMILES string of the molecule is CCc1nnc(C)cc1C(=O)N1CCCCCC1C(=O)O. The van der Waals surface area contributed by atoms with Crippen molar-refractivity contribution >= 4 is 11.9 Å². The first-order valence-corrected chi connectivity index (χ1v) is 7.41. The number of carboxylic acid groups (broad SMARTS) is 1. The van der Waals surface area contributed by atoms with Crippen LogP contribution in [-0.2, 0) is 11.2 Å². The normalized spacial score (nSPS) is 19.1. The van der Waals surface area contributed by atoms with Crippen molar-refractivity contribution in [3.05, 3.63) is 23.0 Å². The van der Waals surface area contributed by atoms with Gasteiger partial charge in [-0.1, -0.05) is 19.8 Å². The van der Waals surface area contributed by atoms with Gasteiger partial charge in [0.2, 0.25) is 0 Å². The smallest absolute Gasteiger partial charge is 0.326 e. The molecule has 0 bridgehead atoms. The number of aromatic nitrogens is 2. The zero-order valence-electron chi connectivity index (χ0n) is 12.5. The van der Waals surface area contributed by atoms with Crippen LogP contribution in [0.4, 0.5) is 0 Å². The van der Waals surface area contributed by atoms with E-state index in [1.54, 1.807) is 13.0 Å². The van der Waals surface area contributed by atoms with Crippen LogP contribution in [0.15, 0.2) is 6.07 Å². The minimum Gasteiger partial charge on any atom is -0.480 e. The third-order valence-corrected chi connectivity index (χ3v) is 3.86. The molecule has 0 spiro atoms. The van der Waals surface area contributed by atoms with Gasteiger partial charge in [-0.3, -0.25) is 4.79 Å². The third kappa shape index (κ3) is 3.37. The molecule has 1 aromatic heterocycles. The van der Waals surface area contributed by atoms with Gasteiger partial charge in [-0.05, 0) is 32.3 Å². The molecule has 0 saturated carbocycles. The van der Waals surface area contributed by atoms with Gasteiger partial charge in [0.1, 0.15) is 6.04 Å². The second-order valence-electron chi connectivity index (χ2n) is 5.40. The molecule has 1 unspecified atom stereocenters. The molecule has 1 aliphatic rings. The van der Waals surface area contributed by atoms with Crippen molar-refractivity contribution in [1.82, 2.24) is 15.1 Å². The molecule has 1 N–H and O–H groups in total. The number of carboxylic acids is 1. The van der Waals surface area contributed by atoms with Crippen molar-refractivity contribution in [2.24, 2.45) is 0 Å². The number of carbonyl (C=O) groups excluding carboxylic acids is 1. The van der Waals surface area contributed by atoms with Crippen LogP contribution in [-0.4, -0.2) is 44.7 Å². The van der Waals surface area contributed by atoms with E-state index in [-0.39, 0.29) is 5.91 Å². The van der Waals surface area contributed by atoms with Gasteiger partial charge in [0.25, 0.3) is 5.91 Å². The first-order chi connectivity index (χ1) is 10.0. The largest absolute Gasteiger partial charge is 0.480 e. The van der Waals surface area contributed by atoms with Gasteiger partial charge >= 0.3 is 5.97 Å². The minimum atomic E-state index is -0.929. The van der Waals surface area contributed by atoms with Crippen LogP contribution < -0.4 is 0 Å². The van der Waals surface area contributed by atoms with E-state index in [0.29, 0.717) is 36.3 Å². The van der Waals surface area contributed by atoms with Crippen molar-refractivity contribution in [3.63, 3.8) is 0 Å². The van der Waals surface area contributed by atoms with E-state index < -0.39 is 12.0 Å². The van der Waals surface area contributed by atoms with Gasteiger partial charge in [0.05, 0.1) is 17.0 Å². The molecule has 114 valence electrons. The molecule has 21 heavy (non-hydrogen) atoms. The average Bonchev–Trinajstić information content (AvgIpc) is 2.72. The molecule has 6 heteroatoms. The van der Waals surface area contributed by atoms with Crippen LogP contribution in [0.1, 0.15) is 54.4 Å². The highest BCUT2D eigenvalue weighted by molar-refractivity contribution is 5.97. The van der Waals surface area contributed by atoms with Crippen LogP contribution in [0, 0.1) is 6.92 Å². The summed E-state index contributed by atoms with van der Waals surface area (Å²) in [5, 5.41) is 17.4. The standard InChI is InChI=1S/C15H21N3O3/c1-3-12-11(9-10(2)16-17-12)14(19)18-8-6-4-5-7-13(18)15(20)21/h9,13H,3-8H2,1-2H3,(H,20,21). The molecule has 0 radical (unpaired) electrons. The summed E-state index contributed by atoms with van der Waals surface area (Å²) < 4.78 is 0. The van der Waals surface area contributed by atoms with Crippen LogP contribution in [0.5, 0.6) is 0 Å². The molecule has 1 aliphatic heterocycles. The zero-order chi connectivity index (χ0) is 15.4. The number of nitrogens with zero attached hydrogens (tertiary/aromatic N) is 3. The Morgan fingerprint density at radius 2 is 2.10 bits per heavy atom. The lowest BCUT2D eigenvalue weighted by Gasteiger charge is -2.27. The molecule has 1 saturated heterocycles. The fraction of sp³-hybridized carbons (Fsp3) is 0.600. The molecule has 2 rings (SSSR count). The van der Waals surface area contributed by atoms with Crippen molar-refractivity contribution in [2.75, 3.05) is 6.54 Å². The van der Waals surface area contributed by atoms with Gasteiger partial charge < -0.3 is 10.0 Å². The first kappa shape index (κ1) is 15.4. The molecule has 0 aromatic carbocycles.